The van der Waals surface area contributed by atoms with Crippen molar-refractivity contribution < 1.29 is 9.53 Å². The Bertz CT molecular complexity index is 277. The number of nitrogens with zero attached hydrogens (tertiary/aromatic N) is 1. The lowest BCUT2D eigenvalue weighted by Crippen LogP contribution is -2.58. The van der Waals surface area contributed by atoms with E-state index in [-0.39, 0.29) is 5.97 Å². The molecule has 4 heteroatoms. The van der Waals surface area contributed by atoms with Crippen molar-refractivity contribution in [2.45, 2.75) is 45.6 Å². The molecule has 1 atom stereocenters. The van der Waals surface area contributed by atoms with Gasteiger partial charge in [0.1, 0.15) is 5.54 Å². The van der Waals surface area contributed by atoms with Crippen LogP contribution in [0.5, 0.6) is 0 Å². The van der Waals surface area contributed by atoms with Crippen molar-refractivity contribution >= 4 is 5.97 Å². The Kier molecular flexibility index (Phi) is 5.60. The highest BCUT2D eigenvalue weighted by Crippen LogP contribution is 2.39. The molecule has 1 unspecified atom stereocenters. The van der Waals surface area contributed by atoms with E-state index in [2.05, 4.69) is 18.7 Å². The van der Waals surface area contributed by atoms with Gasteiger partial charge in [-0.1, -0.05) is 13.8 Å². The molecule has 1 fully saturated rings. The van der Waals surface area contributed by atoms with Gasteiger partial charge in [0.15, 0.2) is 0 Å². The Hall–Kier alpha value is -0.610. The average molecular weight is 256 g/mol. The minimum absolute atomic E-state index is 0.233. The maximum absolute atomic E-state index is 12.0. The van der Waals surface area contributed by atoms with E-state index >= 15 is 0 Å². The minimum Gasteiger partial charge on any atom is -0.465 e. The summed E-state index contributed by atoms with van der Waals surface area (Å²) in [5, 5.41) is 0. The van der Waals surface area contributed by atoms with Crippen LogP contribution in [0, 0.1) is 11.8 Å². The predicted molar refractivity (Wildman–Crippen MR) is 73.2 cm³/mol. The molecule has 0 bridgehead atoms. The maximum atomic E-state index is 12.0. The van der Waals surface area contributed by atoms with Crippen LogP contribution in [0.2, 0.25) is 0 Å². The summed E-state index contributed by atoms with van der Waals surface area (Å²) in [6.45, 7) is 8.21. The van der Waals surface area contributed by atoms with E-state index in [0.29, 0.717) is 25.0 Å². The molecule has 4 nitrogen and oxygen atoms in total. The first-order chi connectivity index (χ1) is 8.40. The molecule has 0 aromatic rings. The third-order valence-corrected chi connectivity index (χ3v) is 3.58. The molecule has 0 aromatic heterocycles. The molecule has 0 aliphatic heterocycles. The lowest BCUT2D eigenvalue weighted by molar-refractivity contribution is -0.151. The zero-order chi connectivity index (χ0) is 13.8. The van der Waals surface area contributed by atoms with Crippen LogP contribution in [0.15, 0.2) is 0 Å². The van der Waals surface area contributed by atoms with Gasteiger partial charge in [-0.15, -0.1) is 0 Å². The smallest absolute Gasteiger partial charge is 0.327 e. The van der Waals surface area contributed by atoms with Gasteiger partial charge in [0.25, 0.3) is 0 Å². The fraction of sp³-hybridized carbons (Fsp3) is 0.929. The van der Waals surface area contributed by atoms with Crippen LogP contribution in [0.25, 0.3) is 0 Å². The quantitative estimate of drug-likeness (QED) is 0.671. The average Bonchev–Trinajstić information content (AvgIpc) is 3.10. The molecule has 1 rings (SSSR count). The fourth-order valence-corrected chi connectivity index (χ4v) is 2.23. The maximum Gasteiger partial charge on any atom is 0.327 e. The van der Waals surface area contributed by atoms with Gasteiger partial charge in [-0.25, -0.2) is 4.79 Å². The molecule has 0 saturated heterocycles. The summed E-state index contributed by atoms with van der Waals surface area (Å²) in [6, 6.07) is 0. The van der Waals surface area contributed by atoms with Crippen LogP contribution in [0.4, 0.5) is 0 Å². The van der Waals surface area contributed by atoms with Crippen molar-refractivity contribution in [1.82, 2.24) is 4.90 Å². The number of hydrogen-bond acceptors (Lipinski definition) is 4. The Morgan fingerprint density at radius 2 is 2.11 bits per heavy atom. The van der Waals surface area contributed by atoms with Crippen LogP contribution in [-0.2, 0) is 9.53 Å². The zero-order valence-electron chi connectivity index (χ0n) is 12.2. The summed E-state index contributed by atoms with van der Waals surface area (Å²) in [4.78, 5) is 14.2. The number of rotatable bonds is 8. The van der Waals surface area contributed by atoms with E-state index in [1.165, 1.54) is 0 Å². The van der Waals surface area contributed by atoms with Crippen LogP contribution >= 0.6 is 0 Å². The van der Waals surface area contributed by atoms with E-state index < -0.39 is 5.54 Å². The normalized spacial score (nSPS) is 19.1. The molecule has 1 aliphatic carbocycles. The molecule has 0 aromatic carbocycles. The van der Waals surface area contributed by atoms with E-state index in [4.69, 9.17) is 10.5 Å². The second kappa shape index (κ2) is 6.53. The lowest BCUT2D eigenvalue weighted by atomic mass is 9.93. The molecule has 0 radical (unpaired) electrons. The van der Waals surface area contributed by atoms with Crippen LogP contribution in [0.1, 0.15) is 40.0 Å². The van der Waals surface area contributed by atoms with Gasteiger partial charge in [-0.05, 0) is 51.6 Å². The summed E-state index contributed by atoms with van der Waals surface area (Å²) in [6.07, 6.45) is 3.22. The highest BCUT2D eigenvalue weighted by atomic mass is 16.5. The van der Waals surface area contributed by atoms with Crippen molar-refractivity contribution in [3.05, 3.63) is 0 Å². The third-order valence-electron chi connectivity index (χ3n) is 3.58. The van der Waals surface area contributed by atoms with Crippen molar-refractivity contribution in [3.8, 4) is 0 Å². The Morgan fingerprint density at radius 1 is 1.50 bits per heavy atom. The van der Waals surface area contributed by atoms with Gasteiger partial charge < -0.3 is 15.4 Å². The van der Waals surface area contributed by atoms with Crippen molar-refractivity contribution in [1.29, 1.82) is 0 Å². The molecule has 0 spiro atoms. The first kappa shape index (κ1) is 15.4. The second-order valence-corrected chi connectivity index (χ2v) is 5.96. The molecular weight excluding hydrogens is 228 g/mol. The van der Waals surface area contributed by atoms with E-state index in [1.807, 2.05) is 14.0 Å². The summed E-state index contributed by atoms with van der Waals surface area (Å²) in [5.41, 5.74) is 5.52. The standard InChI is InChI=1S/C14H28N2O2/c1-5-18-13(17)14(15,12-6-7-12)10-16(4)9-8-11(2)3/h11-12H,5-10,15H2,1-4H3. The second-order valence-electron chi connectivity index (χ2n) is 5.96. The Morgan fingerprint density at radius 3 is 2.56 bits per heavy atom. The van der Waals surface area contributed by atoms with Gasteiger partial charge in [0.05, 0.1) is 6.61 Å². The van der Waals surface area contributed by atoms with Gasteiger partial charge in [0.2, 0.25) is 0 Å². The third kappa shape index (κ3) is 4.25. The van der Waals surface area contributed by atoms with Crippen molar-refractivity contribution in [3.63, 3.8) is 0 Å². The minimum atomic E-state index is -0.804. The van der Waals surface area contributed by atoms with Gasteiger partial charge in [0, 0.05) is 6.54 Å². The zero-order valence-corrected chi connectivity index (χ0v) is 12.2. The number of carbonyl (C=O) groups excluding carboxylic acids is 1. The number of likely N-dealkylation sites (N-methyl/N-ethyl adjacent to an activating group) is 1. The van der Waals surface area contributed by atoms with Gasteiger partial charge >= 0.3 is 5.97 Å². The molecule has 0 heterocycles. The SMILES string of the molecule is CCOC(=O)C(N)(CN(C)CCC(C)C)C1CC1. The monoisotopic (exact) mass is 256 g/mol. The molecule has 2 N–H and O–H groups in total. The van der Waals surface area contributed by atoms with Crippen molar-refractivity contribution in [2.24, 2.45) is 17.6 Å². The van der Waals surface area contributed by atoms with Crippen LogP contribution < -0.4 is 5.73 Å². The fourth-order valence-electron chi connectivity index (χ4n) is 2.23. The molecule has 18 heavy (non-hydrogen) atoms. The number of esters is 1. The summed E-state index contributed by atoms with van der Waals surface area (Å²) >= 11 is 0. The highest BCUT2D eigenvalue weighted by Gasteiger charge is 2.49. The molecular formula is C14H28N2O2. The van der Waals surface area contributed by atoms with Crippen molar-refractivity contribution in [2.75, 3.05) is 26.7 Å². The Labute approximate surface area is 111 Å². The van der Waals surface area contributed by atoms with E-state index in [1.54, 1.807) is 0 Å². The number of ether oxygens (including phenoxy) is 1. The van der Waals surface area contributed by atoms with E-state index in [9.17, 15) is 4.79 Å². The molecule has 106 valence electrons. The molecule has 0 amide bonds. The van der Waals surface area contributed by atoms with E-state index in [0.717, 1.165) is 25.8 Å². The summed E-state index contributed by atoms with van der Waals surface area (Å²) in [5.74, 6) is 0.741. The predicted octanol–water partition coefficient (Wildman–Crippen LogP) is 1.63. The molecule has 1 aliphatic rings. The highest BCUT2D eigenvalue weighted by molar-refractivity contribution is 5.82. The van der Waals surface area contributed by atoms with Gasteiger partial charge in [-0.2, -0.15) is 0 Å². The lowest BCUT2D eigenvalue weighted by Gasteiger charge is -2.32. The largest absolute Gasteiger partial charge is 0.465 e. The number of hydrogen-bond donors (Lipinski definition) is 1. The summed E-state index contributed by atoms with van der Waals surface area (Å²) < 4.78 is 5.14. The Balaban J connectivity index is 2.54. The topological polar surface area (TPSA) is 55.6 Å². The van der Waals surface area contributed by atoms with Crippen LogP contribution in [0.3, 0.4) is 0 Å². The first-order valence-electron chi connectivity index (χ1n) is 7.04. The van der Waals surface area contributed by atoms with Crippen LogP contribution in [-0.4, -0.2) is 43.2 Å². The summed E-state index contributed by atoms with van der Waals surface area (Å²) in [7, 11) is 2.03. The first-order valence-corrected chi connectivity index (χ1v) is 7.04. The number of nitrogens with two attached hydrogens (primary N) is 1. The molecule has 1 saturated carbocycles. The number of carbonyl (C=O) groups is 1. The van der Waals surface area contributed by atoms with Gasteiger partial charge in [-0.3, -0.25) is 0 Å².